The van der Waals surface area contributed by atoms with E-state index in [-0.39, 0.29) is 12.4 Å². The Kier molecular flexibility index (Phi) is 7.56. The minimum absolute atomic E-state index is 0. The Morgan fingerprint density at radius 1 is 1.40 bits per heavy atom. The molecule has 0 spiro atoms. The van der Waals surface area contributed by atoms with Crippen molar-refractivity contribution in [3.8, 4) is 0 Å². The van der Waals surface area contributed by atoms with Gasteiger partial charge in [-0.3, -0.25) is 9.58 Å². The highest BCUT2D eigenvalue weighted by Crippen LogP contribution is 2.17. The lowest BCUT2D eigenvalue weighted by molar-refractivity contribution is 0.149. The first kappa shape index (κ1) is 17.5. The van der Waals surface area contributed by atoms with Gasteiger partial charge >= 0.3 is 0 Å². The maximum absolute atomic E-state index is 4.45. The summed E-state index contributed by atoms with van der Waals surface area (Å²) in [6, 6.07) is 3.35. The van der Waals surface area contributed by atoms with Crippen LogP contribution in [-0.4, -0.2) is 40.4 Å². The molecule has 1 fully saturated rings. The van der Waals surface area contributed by atoms with Crippen LogP contribution in [0.15, 0.2) is 12.3 Å². The summed E-state index contributed by atoms with van der Waals surface area (Å²) in [5.74, 6) is 0. The van der Waals surface area contributed by atoms with Gasteiger partial charge in [-0.25, -0.2) is 0 Å². The van der Waals surface area contributed by atoms with Crippen molar-refractivity contribution in [3.63, 3.8) is 0 Å². The van der Waals surface area contributed by atoms with Crippen LogP contribution in [0.1, 0.15) is 51.8 Å². The van der Waals surface area contributed by atoms with Crippen LogP contribution >= 0.6 is 12.4 Å². The molecule has 0 unspecified atom stereocenters. The lowest BCUT2D eigenvalue weighted by Gasteiger charge is -2.34. The van der Waals surface area contributed by atoms with Crippen molar-refractivity contribution in [2.45, 2.75) is 58.7 Å². The van der Waals surface area contributed by atoms with E-state index in [4.69, 9.17) is 0 Å². The van der Waals surface area contributed by atoms with Crippen LogP contribution in [0.4, 0.5) is 0 Å². The number of nitrogens with zero attached hydrogens (tertiary/aromatic N) is 3. The van der Waals surface area contributed by atoms with Crippen molar-refractivity contribution in [1.82, 2.24) is 20.0 Å². The van der Waals surface area contributed by atoms with Gasteiger partial charge in [-0.15, -0.1) is 12.4 Å². The van der Waals surface area contributed by atoms with Gasteiger partial charge in [-0.2, -0.15) is 5.10 Å². The van der Waals surface area contributed by atoms with E-state index in [0.29, 0.717) is 6.04 Å². The standard InChI is InChI=1S/C15H28N4.ClH/c1-4-11-18(14-5-8-16-9-6-14)12-15-7-10-17-19(15)13(2)3;/h7,10,13-14,16H,4-6,8-9,11-12H2,1-3H3;1H. The number of nitrogens with one attached hydrogen (secondary N) is 1. The third-order valence-corrected chi connectivity index (χ3v) is 3.94. The zero-order valence-electron chi connectivity index (χ0n) is 13.0. The molecule has 2 heterocycles. The van der Waals surface area contributed by atoms with Gasteiger partial charge in [0.2, 0.25) is 0 Å². The molecular weight excluding hydrogens is 272 g/mol. The van der Waals surface area contributed by atoms with Gasteiger partial charge in [0.15, 0.2) is 0 Å². The summed E-state index contributed by atoms with van der Waals surface area (Å²) in [5.41, 5.74) is 1.35. The number of halogens is 1. The third-order valence-electron chi connectivity index (χ3n) is 3.94. The molecule has 1 saturated heterocycles. The zero-order valence-corrected chi connectivity index (χ0v) is 13.8. The molecule has 2 rings (SSSR count). The molecule has 0 amide bonds. The highest BCUT2D eigenvalue weighted by molar-refractivity contribution is 5.85. The number of piperidine rings is 1. The van der Waals surface area contributed by atoms with Crippen molar-refractivity contribution in [2.75, 3.05) is 19.6 Å². The van der Waals surface area contributed by atoms with Gasteiger partial charge < -0.3 is 5.32 Å². The number of aromatic nitrogens is 2. The van der Waals surface area contributed by atoms with Crippen LogP contribution in [0.2, 0.25) is 0 Å². The van der Waals surface area contributed by atoms with Crippen molar-refractivity contribution < 1.29 is 0 Å². The Morgan fingerprint density at radius 2 is 2.10 bits per heavy atom. The van der Waals surface area contributed by atoms with Crippen LogP contribution in [0.25, 0.3) is 0 Å². The minimum atomic E-state index is 0. The van der Waals surface area contributed by atoms with Gasteiger partial charge in [-0.1, -0.05) is 6.92 Å². The minimum Gasteiger partial charge on any atom is -0.317 e. The van der Waals surface area contributed by atoms with Crippen molar-refractivity contribution in [2.24, 2.45) is 0 Å². The first-order valence-corrected chi connectivity index (χ1v) is 7.69. The Bertz CT molecular complexity index is 372. The quantitative estimate of drug-likeness (QED) is 0.877. The maximum atomic E-state index is 4.45. The van der Waals surface area contributed by atoms with E-state index in [9.17, 15) is 0 Å². The molecular formula is C15H29ClN4. The average molecular weight is 301 g/mol. The molecule has 1 N–H and O–H groups in total. The smallest absolute Gasteiger partial charge is 0.0527 e. The lowest BCUT2D eigenvalue weighted by Crippen LogP contribution is -2.43. The Labute approximate surface area is 129 Å². The fourth-order valence-electron chi connectivity index (χ4n) is 2.99. The normalized spacial score (nSPS) is 16.6. The highest BCUT2D eigenvalue weighted by Gasteiger charge is 2.21. The van der Waals surface area contributed by atoms with E-state index in [1.807, 2.05) is 6.20 Å². The molecule has 5 heteroatoms. The summed E-state index contributed by atoms with van der Waals surface area (Å²) in [6.07, 6.45) is 5.70. The summed E-state index contributed by atoms with van der Waals surface area (Å²) in [4.78, 5) is 2.65. The van der Waals surface area contributed by atoms with Gasteiger partial charge in [0.1, 0.15) is 0 Å². The third kappa shape index (κ3) is 4.47. The van der Waals surface area contributed by atoms with Crippen LogP contribution in [0.5, 0.6) is 0 Å². The molecule has 1 aliphatic rings. The second-order valence-electron chi connectivity index (χ2n) is 5.81. The fraction of sp³-hybridized carbons (Fsp3) is 0.800. The Hall–Kier alpha value is -0.580. The molecule has 0 bridgehead atoms. The molecule has 0 radical (unpaired) electrons. The molecule has 4 nitrogen and oxygen atoms in total. The zero-order chi connectivity index (χ0) is 13.7. The summed E-state index contributed by atoms with van der Waals surface area (Å²) in [7, 11) is 0. The molecule has 0 saturated carbocycles. The van der Waals surface area contributed by atoms with Crippen LogP contribution < -0.4 is 5.32 Å². The first-order valence-electron chi connectivity index (χ1n) is 7.69. The van der Waals surface area contributed by atoms with E-state index < -0.39 is 0 Å². The monoisotopic (exact) mass is 300 g/mol. The summed E-state index contributed by atoms with van der Waals surface area (Å²) < 4.78 is 2.16. The molecule has 0 aliphatic carbocycles. The van der Waals surface area contributed by atoms with E-state index >= 15 is 0 Å². The molecule has 1 aromatic rings. The summed E-state index contributed by atoms with van der Waals surface area (Å²) >= 11 is 0. The van der Waals surface area contributed by atoms with Crippen molar-refractivity contribution in [1.29, 1.82) is 0 Å². The van der Waals surface area contributed by atoms with E-state index in [2.05, 4.69) is 46.8 Å². The summed E-state index contributed by atoms with van der Waals surface area (Å²) in [5, 5.41) is 7.91. The van der Waals surface area contributed by atoms with Gasteiger partial charge in [0.25, 0.3) is 0 Å². The average Bonchev–Trinajstić information content (AvgIpc) is 2.88. The SMILES string of the molecule is CCCN(Cc1ccnn1C(C)C)C1CCNCC1.Cl. The molecule has 20 heavy (non-hydrogen) atoms. The van der Waals surface area contributed by atoms with Crippen molar-refractivity contribution >= 4 is 12.4 Å². The largest absolute Gasteiger partial charge is 0.317 e. The van der Waals surface area contributed by atoms with Crippen LogP contribution in [0.3, 0.4) is 0 Å². The number of hydrogen-bond donors (Lipinski definition) is 1. The molecule has 0 aromatic carbocycles. The predicted octanol–water partition coefficient (Wildman–Crippen LogP) is 2.85. The molecule has 116 valence electrons. The van der Waals surface area contributed by atoms with Crippen LogP contribution in [0, 0.1) is 0 Å². The van der Waals surface area contributed by atoms with E-state index in [0.717, 1.165) is 25.7 Å². The second-order valence-corrected chi connectivity index (χ2v) is 5.81. The van der Waals surface area contributed by atoms with E-state index in [1.165, 1.54) is 31.5 Å². The Morgan fingerprint density at radius 3 is 2.70 bits per heavy atom. The predicted molar refractivity (Wildman–Crippen MR) is 86.5 cm³/mol. The first-order chi connectivity index (χ1) is 9.22. The van der Waals surface area contributed by atoms with Crippen LogP contribution in [-0.2, 0) is 6.54 Å². The molecule has 1 aromatic heterocycles. The van der Waals surface area contributed by atoms with E-state index in [1.54, 1.807) is 0 Å². The van der Waals surface area contributed by atoms with Gasteiger partial charge in [0, 0.05) is 24.8 Å². The highest BCUT2D eigenvalue weighted by atomic mass is 35.5. The number of rotatable bonds is 6. The maximum Gasteiger partial charge on any atom is 0.0527 e. The van der Waals surface area contributed by atoms with Gasteiger partial charge in [0.05, 0.1) is 5.69 Å². The van der Waals surface area contributed by atoms with Crippen molar-refractivity contribution in [3.05, 3.63) is 18.0 Å². The lowest BCUT2D eigenvalue weighted by atomic mass is 10.0. The molecule has 0 atom stereocenters. The summed E-state index contributed by atoms with van der Waals surface area (Å²) in [6.45, 7) is 11.2. The topological polar surface area (TPSA) is 33.1 Å². The molecule has 1 aliphatic heterocycles. The number of hydrogen-bond acceptors (Lipinski definition) is 3. The van der Waals surface area contributed by atoms with Gasteiger partial charge in [-0.05, 0) is 58.8 Å². The second kappa shape index (κ2) is 8.65. The Balaban J connectivity index is 0.00000200. The fourth-order valence-corrected chi connectivity index (χ4v) is 2.99.